The maximum Gasteiger partial charge on any atom is 0.416 e. The number of alkyl halides is 3. The molecule has 0 atom stereocenters. The fourth-order valence-corrected chi connectivity index (χ4v) is 3.04. The molecule has 0 fully saturated rings. The Kier molecular flexibility index (Phi) is 4.45. The molecule has 0 amide bonds. The number of rotatable bonds is 2. The summed E-state index contributed by atoms with van der Waals surface area (Å²) in [5.74, 6) is -0.0833. The van der Waals surface area contributed by atoms with Crippen molar-refractivity contribution in [2.45, 2.75) is 12.7 Å². The predicted octanol–water partition coefficient (Wildman–Crippen LogP) is 4.44. The summed E-state index contributed by atoms with van der Waals surface area (Å²) in [6, 6.07) is 8.53. The Hall–Kier alpha value is -3.25. The topological polar surface area (TPSA) is 96.2 Å². The van der Waals surface area contributed by atoms with E-state index < -0.39 is 16.7 Å². The smallest absolute Gasteiger partial charge is 0.384 e. The lowest BCUT2D eigenvalue weighted by Crippen LogP contribution is -2.32. The minimum atomic E-state index is -4.59. The van der Waals surface area contributed by atoms with Gasteiger partial charge in [-0.3, -0.25) is 10.1 Å². The first-order chi connectivity index (χ1) is 12.6. The van der Waals surface area contributed by atoms with Crippen molar-refractivity contribution in [3.05, 3.63) is 74.0 Å². The number of anilines is 1. The van der Waals surface area contributed by atoms with E-state index in [1.54, 1.807) is 0 Å². The van der Waals surface area contributed by atoms with E-state index >= 15 is 0 Å². The summed E-state index contributed by atoms with van der Waals surface area (Å²) in [6.45, 7) is -0.0743. The molecule has 0 spiro atoms. The van der Waals surface area contributed by atoms with Gasteiger partial charge < -0.3 is 10.6 Å². The van der Waals surface area contributed by atoms with Crippen LogP contribution in [-0.4, -0.2) is 4.92 Å². The number of nitrogens with two attached hydrogens (primary N) is 1. The van der Waals surface area contributed by atoms with E-state index in [1.807, 2.05) is 6.07 Å². The van der Waals surface area contributed by atoms with Gasteiger partial charge in [-0.1, -0.05) is 11.6 Å². The molecule has 10 heteroatoms. The Morgan fingerprint density at radius 2 is 1.96 bits per heavy atom. The monoisotopic (exact) mass is 394 g/mol. The maximum atomic E-state index is 13.1. The molecule has 2 aromatic rings. The minimum absolute atomic E-state index is 0.000346. The van der Waals surface area contributed by atoms with Crippen molar-refractivity contribution in [1.82, 2.24) is 0 Å². The van der Waals surface area contributed by atoms with Crippen LogP contribution in [0.3, 0.4) is 0 Å². The fourth-order valence-electron chi connectivity index (χ4n) is 2.83. The summed E-state index contributed by atoms with van der Waals surface area (Å²) in [6.07, 6.45) is -4.59. The van der Waals surface area contributed by atoms with Crippen LogP contribution in [0.5, 0.6) is 0 Å². The SMILES string of the molecule is N#CC1=C(N)N(c2cc(C(F)(F)F)ccc2Cl)Cc2cc([N+](=O)[O-])ccc21. The highest BCUT2D eigenvalue weighted by atomic mass is 35.5. The zero-order valence-electron chi connectivity index (χ0n) is 13.4. The van der Waals surface area contributed by atoms with E-state index in [9.17, 15) is 28.5 Å². The van der Waals surface area contributed by atoms with Gasteiger partial charge in [0, 0.05) is 17.7 Å². The van der Waals surface area contributed by atoms with Gasteiger partial charge >= 0.3 is 6.18 Å². The fraction of sp³-hybridized carbons (Fsp3) is 0.118. The molecule has 2 aromatic carbocycles. The molecule has 0 bridgehead atoms. The molecule has 3 rings (SSSR count). The number of nitrogens with zero attached hydrogens (tertiary/aromatic N) is 3. The van der Waals surface area contributed by atoms with Crippen LogP contribution in [0.1, 0.15) is 16.7 Å². The molecule has 138 valence electrons. The van der Waals surface area contributed by atoms with E-state index in [2.05, 4.69) is 0 Å². The Morgan fingerprint density at radius 3 is 2.56 bits per heavy atom. The van der Waals surface area contributed by atoms with Crippen LogP contribution < -0.4 is 10.6 Å². The Balaban J connectivity index is 2.18. The molecule has 1 aliphatic heterocycles. The normalized spacial score (nSPS) is 14.0. The van der Waals surface area contributed by atoms with Crippen LogP contribution >= 0.6 is 11.6 Å². The molecule has 1 aliphatic rings. The first-order valence-electron chi connectivity index (χ1n) is 7.45. The summed E-state index contributed by atoms with van der Waals surface area (Å²) in [7, 11) is 0. The maximum absolute atomic E-state index is 13.1. The summed E-state index contributed by atoms with van der Waals surface area (Å²) < 4.78 is 39.2. The largest absolute Gasteiger partial charge is 0.416 e. The number of hydrogen-bond acceptors (Lipinski definition) is 5. The average molecular weight is 395 g/mol. The van der Waals surface area contributed by atoms with Crippen molar-refractivity contribution >= 4 is 28.5 Å². The second kappa shape index (κ2) is 6.48. The van der Waals surface area contributed by atoms with Crippen molar-refractivity contribution < 1.29 is 18.1 Å². The molecule has 0 saturated heterocycles. The molecule has 0 radical (unpaired) electrons. The van der Waals surface area contributed by atoms with Gasteiger partial charge in [-0.05, 0) is 29.8 Å². The number of allylic oxidation sites excluding steroid dienone is 1. The number of nitriles is 1. The third kappa shape index (κ3) is 3.27. The quantitative estimate of drug-likeness (QED) is 0.600. The number of hydrogen-bond donors (Lipinski definition) is 1. The average Bonchev–Trinajstić information content (AvgIpc) is 2.60. The number of fused-ring (bicyclic) bond motifs is 1. The van der Waals surface area contributed by atoms with Crippen LogP contribution in [0, 0.1) is 21.4 Å². The zero-order chi connectivity index (χ0) is 19.9. The van der Waals surface area contributed by atoms with Crippen molar-refractivity contribution in [3.8, 4) is 6.07 Å². The van der Waals surface area contributed by atoms with E-state index in [4.69, 9.17) is 17.3 Å². The van der Waals surface area contributed by atoms with Gasteiger partial charge in [0.2, 0.25) is 0 Å². The molecule has 0 unspecified atom stereocenters. The van der Waals surface area contributed by atoms with Crippen molar-refractivity contribution in [3.63, 3.8) is 0 Å². The molecule has 0 aromatic heterocycles. The summed E-state index contributed by atoms with van der Waals surface area (Å²) in [5, 5.41) is 20.4. The third-order valence-electron chi connectivity index (χ3n) is 4.12. The van der Waals surface area contributed by atoms with Gasteiger partial charge in [0.15, 0.2) is 0 Å². The van der Waals surface area contributed by atoms with Gasteiger partial charge in [-0.15, -0.1) is 0 Å². The number of nitro benzene ring substituents is 1. The lowest BCUT2D eigenvalue weighted by molar-refractivity contribution is -0.384. The number of nitro groups is 1. The molecular formula is C17H10ClF3N4O2. The third-order valence-corrected chi connectivity index (χ3v) is 4.44. The van der Waals surface area contributed by atoms with Gasteiger partial charge in [-0.2, -0.15) is 18.4 Å². The molecule has 27 heavy (non-hydrogen) atoms. The second-order valence-electron chi connectivity index (χ2n) is 5.72. The minimum Gasteiger partial charge on any atom is -0.384 e. The van der Waals surface area contributed by atoms with Crippen molar-refractivity contribution in [2.24, 2.45) is 5.73 Å². The Bertz CT molecular complexity index is 1030. The van der Waals surface area contributed by atoms with Crippen LogP contribution in [0.2, 0.25) is 5.02 Å². The highest BCUT2D eigenvalue weighted by Crippen LogP contribution is 2.40. The lowest BCUT2D eigenvalue weighted by atomic mass is 9.95. The van der Waals surface area contributed by atoms with Crippen LogP contribution in [-0.2, 0) is 12.7 Å². The summed E-state index contributed by atoms with van der Waals surface area (Å²) >= 11 is 6.07. The van der Waals surface area contributed by atoms with E-state index in [0.29, 0.717) is 11.1 Å². The van der Waals surface area contributed by atoms with Gasteiger partial charge in [-0.25, -0.2) is 0 Å². The van der Waals surface area contributed by atoms with Gasteiger partial charge in [0.05, 0.1) is 33.3 Å². The second-order valence-corrected chi connectivity index (χ2v) is 6.13. The molecule has 1 heterocycles. The van der Waals surface area contributed by atoms with Gasteiger partial charge in [0.1, 0.15) is 11.9 Å². The Labute approximate surface area is 156 Å². The number of halogens is 4. The van der Waals surface area contributed by atoms with E-state index in [-0.39, 0.29) is 34.3 Å². The van der Waals surface area contributed by atoms with Crippen molar-refractivity contribution in [2.75, 3.05) is 4.90 Å². The van der Waals surface area contributed by atoms with E-state index in [0.717, 1.165) is 18.2 Å². The summed E-state index contributed by atoms with van der Waals surface area (Å²) in [5.41, 5.74) is 5.60. The molecule has 6 nitrogen and oxygen atoms in total. The van der Waals surface area contributed by atoms with Crippen molar-refractivity contribution in [1.29, 1.82) is 5.26 Å². The first-order valence-corrected chi connectivity index (χ1v) is 7.83. The van der Waals surface area contributed by atoms with Crippen LogP contribution in [0.25, 0.3) is 5.57 Å². The number of benzene rings is 2. The highest BCUT2D eigenvalue weighted by Gasteiger charge is 2.33. The molecule has 0 aliphatic carbocycles. The first kappa shape index (κ1) is 18.5. The summed E-state index contributed by atoms with van der Waals surface area (Å²) in [4.78, 5) is 11.6. The van der Waals surface area contributed by atoms with Gasteiger partial charge in [0.25, 0.3) is 5.69 Å². The zero-order valence-corrected chi connectivity index (χ0v) is 14.2. The Morgan fingerprint density at radius 1 is 1.26 bits per heavy atom. The van der Waals surface area contributed by atoms with E-state index in [1.165, 1.54) is 23.1 Å². The van der Waals surface area contributed by atoms with Crippen LogP contribution in [0.15, 0.2) is 42.2 Å². The molecule has 2 N–H and O–H groups in total. The molecule has 0 saturated carbocycles. The number of non-ortho nitro benzene ring substituents is 1. The van der Waals surface area contributed by atoms with Crippen LogP contribution in [0.4, 0.5) is 24.5 Å². The molecular weight excluding hydrogens is 385 g/mol. The highest BCUT2D eigenvalue weighted by molar-refractivity contribution is 6.33. The lowest BCUT2D eigenvalue weighted by Gasteiger charge is -2.32. The standard InChI is InChI=1S/C17H10ClF3N4O2/c18-14-4-1-10(17(19,20)21)6-15(14)24-8-9-5-11(25(26)27)2-3-12(9)13(7-22)16(24)23/h1-6H,8,23H2. The predicted molar refractivity (Wildman–Crippen MR) is 92.5 cm³/mol.